The van der Waals surface area contributed by atoms with Gasteiger partial charge in [-0.05, 0) is 32.2 Å². The Balaban J connectivity index is 2.53. The zero-order valence-electron chi connectivity index (χ0n) is 10.3. The molecule has 1 amide bonds. The molecular weight excluding hydrogens is 259 g/mol. The van der Waals surface area contributed by atoms with Crippen LogP contribution >= 0.6 is 11.6 Å². The van der Waals surface area contributed by atoms with Crippen LogP contribution in [0.4, 0.5) is 4.39 Å². The third kappa shape index (κ3) is 4.50. The molecule has 0 radical (unpaired) electrons. The van der Waals surface area contributed by atoms with Crippen molar-refractivity contribution in [1.29, 1.82) is 0 Å². The molecule has 0 saturated carbocycles. The number of carbonyl (C=O) groups is 1. The molecule has 4 nitrogen and oxygen atoms in total. The van der Waals surface area contributed by atoms with Crippen molar-refractivity contribution in [3.8, 4) is 5.75 Å². The number of likely N-dealkylation sites (N-methyl/N-ethyl adjacent to an activating group) is 1. The van der Waals surface area contributed by atoms with E-state index in [1.807, 2.05) is 0 Å². The molecule has 1 unspecified atom stereocenters. The number of amides is 1. The molecule has 0 heterocycles. The predicted molar refractivity (Wildman–Crippen MR) is 68.4 cm³/mol. The van der Waals surface area contributed by atoms with Gasteiger partial charge in [-0.25, -0.2) is 4.39 Å². The Morgan fingerprint density at radius 3 is 2.83 bits per heavy atom. The number of nitrogens with one attached hydrogen (secondary N) is 2. The molecule has 6 heteroatoms. The standard InChI is InChI=1S/C12H16ClFN2O2/c1-8(12(17)16-6-5-15-2)18-11-4-3-9(14)7-10(11)13/h3-4,7-8,15H,5-6H2,1-2H3,(H,16,17). The van der Waals surface area contributed by atoms with Gasteiger partial charge in [0.25, 0.3) is 5.91 Å². The smallest absolute Gasteiger partial charge is 0.260 e. The van der Waals surface area contributed by atoms with Gasteiger partial charge in [0, 0.05) is 13.1 Å². The lowest BCUT2D eigenvalue weighted by Gasteiger charge is -2.15. The number of rotatable bonds is 6. The van der Waals surface area contributed by atoms with Crippen molar-refractivity contribution in [3.05, 3.63) is 29.0 Å². The van der Waals surface area contributed by atoms with Gasteiger partial charge in [-0.15, -0.1) is 0 Å². The normalized spacial score (nSPS) is 12.0. The van der Waals surface area contributed by atoms with Crippen molar-refractivity contribution in [1.82, 2.24) is 10.6 Å². The molecule has 1 atom stereocenters. The Morgan fingerprint density at radius 2 is 2.22 bits per heavy atom. The van der Waals surface area contributed by atoms with Gasteiger partial charge in [0.2, 0.25) is 0 Å². The van der Waals surface area contributed by atoms with E-state index in [4.69, 9.17) is 16.3 Å². The SMILES string of the molecule is CNCCNC(=O)C(C)Oc1ccc(F)cc1Cl. The van der Waals surface area contributed by atoms with E-state index in [0.717, 1.165) is 6.07 Å². The molecule has 0 aliphatic heterocycles. The number of halogens is 2. The van der Waals surface area contributed by atoms with Gasteiger partial charge < -0.3 is 15.4 Å². The van der Waals surface area contributed by atoms with Crippen LogP contribution in [0.5, 0.6) is 5.75 Å². The lowest BCUT2D eigenvalue weighted by Crippen LogP contribution is -2.39. The van der Waals surface area contributed by atoms with Crippen LogP contribution < -0.4 is 15.4 Å². The third-order valence-electron chi connectivity index (χ3n) is 2.24. The van der Waals surface area contributed by atoms with Crippen molar-refractivity contribution in [2.75, 3.05) is 20.1 Å². The lowest BCUT2D eigenvalue weighted by atomic mass is 10.3. The Kier molecular flexibility index (Phi) is 5.88. The molecule has 2 N–H and O–H groups in total. The molecule has 0 aliphatic carbocycles. The number of benzene rings is 1. The average Bonchev–Trinajstić information content (AvgIpc) is 2.32. The van der Waals surface area contributed by atoms with E-state index in [1.54, 1.807) is 14.0 Å². The minimum atomic E-state index is -0.690. The minimum Gasteiger partial charge on any atom is -0.479 e. The fraction of sp³-hybridized carbons (Fsp3) is 0.417. The molecule has 100 valence electrons. The zero-order chi connectivity index (χ0) is 13.5. The molecule has 1 aromatic carbocycles. The van der Waals surface area contributed by atoms with Gasteiger partial charge >= 0.3 is 0 Å². The third-order valence-corrected chi connectivity index (χ3v) is 2.54. The summed E-state index contributed by atoms with van der Waals surface area (Å²) in [6, 6.07) is 3.77. The molecule has 0 bridgehead atoms. The van der Waals surface area contributed by atoms with Crippen molar-refractivity contribution >= 4 is 17.5 Å². The van der Waals surface area contributed by atoms with Crippen LogP contribution in [0.25, 0.3) is 0 Å². The van der Waals surface area contributed by atoms with Gasteiger partial charge in [-0.3, -0.25) is 4.79 Å². The fourth-order valence-corrected chi connectivity index (χ4v) is 1.48. The highest BCUT2D eigenvalue weighted by Crippen LogP contribution is 2.25. The van der Waals surface area contributed by atoms with Gasteiger partial charge in [0.15, 0.2) is 6.10 Å². The first kappa shape index (κ1) is 14.7. The Hall–Kier alpha value is -1.33. The maximum atomic E-state index is 12.8. The highest BCUT2D eigenvalue weighted by Gasteiger charge is 2.15. The summed E-state index contributed by atoms with van der Waals surface area (Å²) in [5.41, 5.74) is 0. The monoisotopic (exact) mass is 274 g/mol. The number of hydrogen-bond donors (Lipinski definition) is 2. The summed E-state index contributed by atoms with van der Waals surface area (Å²) in [6.45, 7) is 2.80. The quantitative estimate of drug-likeness (QED) is 0.775. The minimum absolute atomic E-state index is 0.143. The maximum Gasteiger partial charge on any atom is 0.260 e. The largest absolute Gasteiger partial charge is 0.479 e. The highest BCUT2D eigenvalue weighted by molar-refractivity contribution is 6.32. The first-order valence-electron chi connectivity index (χ1n) is 5.58. The molecule has 1 aromatic rings. The van der Waals surface area contributed by atoms with E-state index in [1.165, 1.54) is 12.1 Å². The second-order valence-corrected chi connectivity index (χ2v) is 4.14. The molecule has 1 rings (SSSR count). The van der Waals surface area contributed by atoms with Gasteiger partial charge in [-0.2, -0.15) is 0 Å². The van der Waals surface area contributed by atoms with E-state index in [9.17, 15) is 9.18 Å². The summed E-state index contributed by atoms with van der Waals surface area (Å²) in [4.78, 5) is 11.6. The molecule has 0 saturated heterocycles. The van der Waals surface area contributed by atoms with Crippen LogP contribution in [0.15, 0.2) is 18.2 Å². The molecule has 0 aliphatic rings. The van der Waals surface area contributed by atoms with Crippen molar-refractivity contribution in [3.63, 3.8) is 0 Å². The predicted octanol–water partition coefficient (Wildman–Crippen LogP) is 1.58. The molecular formula is C12H16ClFN2O2. The topological polar surface area (TPSA) is 50.4 Å². The van der Waals surface area contributed by atoms with Crippen LogP contribution in [-0.4, -0.2) is 32.1 Å². The molecule has 0 aromatic heterocycles. The molecule has 18 heavy (non-hydrogen) atoms. The first-order chi connectivity index (χ1) is 8.54. The summed E-state index contributed by atoms with van der Waals surface area (Å²) in [5, 5.41) is 5.74. The number of carbonyl (C=O) groups excluding carboxylic acids is 1. The van der Waals surface area contributed by atoms with Crippen LogP contribution in [0, 0.1) is 5.82 Å². The van der Waals surface area contributed by atoms with Crippen molar-refractivity contribution < 1.29 is 13.9 Å². The average molecular weight is 275 g/mol. The van der Waals surface area contributed by atoms with Crippen molar-refractivity contribution in [2.24, 2.45) is 0 Å². The Bertz CT molecular complexity index is 415. The van der Waals surface area contributed by atoms with Gasteiger partial charge in [-0.1, -0.05) is 11.6 Å². The molecule has 0 fully saturated rings. The maximum absolute atomic E-state index is 12.8. The second kappa shape index (κ2) is 7.18. The van der Waals surface area contributed by atoms with E-state index < -0.39 is 11.9 Å². The van der Waals surface area contributed by atoms with Crippen LogP contribution in [0.3, 0.4) is 0 Å². The fourth-order valence-electron chi connectivity index (χ4n) is 1.27. The van der Waals surface area contributed by atoms with E-state index in [0.29, 0.717) is 13.1 Å². The van der Waals surface area contributed by atoms with Gasteiger partial charge in [0.1, 0.15) is 11.6 Å². The van der Waals surface area contributed by atoms with Gasteiger partial charge in [0.05, 0.1) is 5.02 Å². The Labute approximate surface area is 110 Å². The van der Waals surface area contributed by atoms with E-state index in [-0.39, 0.29) is 16.7 Å². The van der Waals surface area contributed by atoms with E-state index in [2.05, 4.69) is 10.6 Å². The number of hydrogen-bond acceptors (Lipinski definition) is 3. The summed E-state index contributed by atoms with van der Waals surface area (Å²) in [6.07, 6.45) is -0.690. The zero-order valence-corrected chi connectivity index (χ0v) is 11.1. The van der Waals surface area contributed by atoms with Crippen LogP contribution in [-0.2, 0) is 4.79 Å². The summed E-state index contributed by atoms with van der Waals surface area (Å²) in [7, 11) is 1.80. The second-order valence-electron chi connectivity index (χ2n) is 3.73. The van der Waals surface area contributed by atoms with Crippen LogP contribution in [0.2, 0.25) is 5.02 Å². The summed E-state index contributed by atoms with van der Waals surface area (Å²) >= 11 is 5.80. The lowest BCUT2D eigenvalue weighted by molar-refractivity contribution is -0.127. The highest BCUT2D eigenvalue weighted by atomic mass is 35.5. The van der Waals surface area contributed by atoms with Crippen LogP contribution in [0.1, 0.15) is 6.92 Å². The van der Waals surface area contributed by atoms with Crippen molar-refractivity contribution in [2.45, 2.75) is 13.0 Å². The summed E-state index contributed by atoms with van der Waals surface area (Å²) in [5.74, 6) is -0.404. The first-order valence-corrected chi connectivity index (χ1v) is 5.96. The van der Waals surface area contributed by atoms with E-state index >= 15 is 0 Å². The Morgan fingerprint density at radius 1 is 1.50 bits per heavy atom. The summed E-state index contributed by atoms with van der Waals surface area (Å²) < 4.78 is 18.2. The molecule has 0 spiro atoms. The number of ether oxygens (including phenoxy) is 1.